The molecule has 3 aliphatic rings. The van der Waals surface area contributed by atoms with Crippen molar-refractivity contribution in [3.05, 3.63) is 30.3 Å². The summed E-state index contributed by atoms with van der Waals surface area (Å²) in [4.78, 5) is 17.2. The van der Waals surface area contributed by atoms with Gasteiger partial charge in [0.1, 0.15) is 5.82 Å². The maximum Gasteiger partial charge on any atom is 0.229 e. The van der Waals surface area contributed by atoms with Gasteiger partial charge in [0.05, 0.1) is 18.0 Å². The lowest BCUT2D eigenvalue weighted by molar-refractivity contribution is 0.198. The third-order valence-corrected chi connectivity index (χ3v) is 5.72. The Morgan fingerprint density at radius 3 is 2.64 bits per heavy atom. The van der Waals surface area contributed by atoms with Crippen LogP contribution in [0.1, 0.15) is 19.3 Å². The van der Waals surface area contributed by atoms with E-state index in [0.717, 1.165) is 18.9 Å². The molecule has 28 heavy (non-hydrogen) atoms. The number of nitrogens with zero attached hydrogens (tertiary/aromatic N) is 5. The van der Waals surface area contributed by atoms with E-state index in [9.17, 15) is 9.50 Å². The minimum Gasteiger partial charge on any atom is -0.391 e. The van der Waals surface area contributed by atoms with Gasteiger partial charge in [0.25, 0.3) is 0 Å². The fourth-order valence-electron chi connectivity index (χ4n) is 4.36. The Morgan fingerprint density at radius 2 is 1.93 bits per heavy atom. The lowest BCUT2D eigenvalue weighted by atomic mass is 10.2. The number of hydrogen-bond acceptors (Lipinski definition) is 8. The van der Waals surface area contributed by atoms with E-state index < -0.39 is 11.9 Å². The van der Waals surface area contributed by atoms with Gasteiger partial charge in [-0.25, -0.2) is 14.4 Å². The lowest BCUT2D eigenvalue weighted by Gasteiger charge is -2.33. The molecule has 3 fully saturated rings. The Bertz CT molecular complexity index is 854. The summed E-state index contributed by atoms with van der Waals surface area (Å²) in [5.74, 6) is 1.16. The summed E-state index contributed by atoms with van der Waals surface area (Å²) >= 11 is 0. The van der Waals surface area contributed by atoms with E-state index in [0.29, 0.717) is 43.2 Å². The highest BCUT2D eigenvalue weighted by molar-refractivity contribution is 5.57. The highest BCUT2D eigenvalue weighted by Gasteiger charge is 2.32. The van der Waals surface area contributed by atoms with Gasteiger partial charge >= 0.3 is 0 Å². The molecule has 9 heteroatoms. The maximum absolute atomic E-state index is 14.5. The Balaban J connectivity index is 1.30. The topological polar surface area (TPSA) is 89.4 Å². The third kappa shape index (κ3) is 3.47. The number of rotatable bonds is 4. The summed E-state index contributed by atoms with van der Waals surface area (Å²) in [5, 5.41) is 16.3. The van der Waals surface area contributed by atoms with Gasteiger partial charge in [-0.3, -0.25) is 0 Å². The van der Waals surface area contributed by atoms with Gasteiger partial charge in [-0.15, -0.1) is 0 Å². The van der Waals surface area contributed by atoms with Crippen LogP contribution in [0.4, 0.5) is 27.7 Å². The van der Waals surface area contributed by atoms with Crippen molar-refractivity contribution in [3.63, 3.8) is 0 Å². The molecule has 3 saturated heterocycles. The van der Waals surface area contributed by atoms with Crippen molar-refractivity contribution >= 4 is 23.3 Å². The summed E-state index contributed by atoms with van der Waals surface area (Å²) in [7, 11) is 0. The van der Waals surface area contributed by atoms with Crippen molar-refractivity contribution in [1.29, 1.82) is 0 Å². The highest BCUT2D eigenvalue weighted by Crippen LogP contribution is 2.26. The van der Waals surface area contributed by atoms with Gasteiger partial charge in [-0.2, -0.15) is 4.98 Å². The molecule has 0 aliphatic carbocycles. The second kappa shape index (κ2) is 7.14. The molecule has 8 nitrogen and oxygen atoms in total. The molecule has 148 valence electrons. The van der Waals surface area contributed by atoms with Crippen molar-refractivity contribution < 1.29 is 9.50 Å². The zero-order valence-electron chi connectivity index (χ0n) is 15.6. The van der Waals surface area contributed by atoms with E-state index in [2.05, 4.69) is 30.5 Å². The molecule has 0 radical (unpaired) electrons. The standard InChI is InChI=1S/C19H24FN7O/c20-16-7-14(8-22-18(16)26-6-4-15(28)11-26)24-19-21-5-3-17(25-19)27-9-12-1-2-13(10-27)23-12/h3,5,7-8,12-13,15,23,28H,1-2,4,6,9-11H2,(H,21,24,25)/t12-,13+,15-/m1/s1. The molecule has 0 amide bonds. The second-order valence-electron chi connectivity index (χ2n) is 7.82. The van der Waals surface area contributed by atoms with Crippen LogP contribution in [0, 0.1) is 5.82 Å². The van der Waals surface area contributed by atoms with Crippen LogP contribution in [0.25, 0.3) is 0 Å². The first-order valence-electron chi connectivity index (χ1n) is 9.84. The zero-order chi connectivity index (χ0) is 19.1. The number of fused-ring (bicyclic) bond motifs is 2. The number of aliphatic hydroxyl groups excluding tert-OH is 1. The van der Waals surface area contributed by atoms with Crippen LogP contribution in [0.5, 0.6) is 0 Å². The van der Waals surface area contributed by atoms with Crippen LogP contribution in [0.2, 0.25) is 0 Å². The minimum atomic E-state index is -0.422. The molecule has 2 aromatic rings. The number of pyridine rings is 1. The van der Waals surface area contributed by atoms with Crippen LogP contribution in [0.15, 0.2) is 24.5 Å². The van der Waals surface area contributed by atoms with Gasteiger partial charge in [0.2, 0.25) is 5.95 Å². The van der Waals surface area contributed by atoms with Crippen molar-refractivity contribution in [2.45, 2.75) is 37.5 Å². The van der Waals surface area contributed by atoms with Crippen molar-refractivity contribution in [3.8, 4) is 0 Å². The monoisotopic (exact) mass is 385 g/mol. The maximum atomic E-state index is 14.5. The van der Waals surface area contributed by atoms with Crippen molar-refractivity contribution in [1.82, 2.24) is 20.3 Å². The number of aliphatic hydroxyl groups is 1. The predicted molar refractivity (Wildman–Crippen MR) is 105 cm³/mol. The molecule has 5 heterocycles. The molecular formula is C19H24FN7O. The average Bonchev–Trinajstić information content (AvgIpc) is 3.27. The molecule has 0 spiro atoms. The summed E-state index contributed by atoms with van der Waals surface area (Å²) in [6.07, 6.45) is 5.93. The summed E-state index contributed by atoms with van der Waals surface area (Å²) in [6, 6.07) is 4.37. The van der Waals surface area contributed by atoms with E-state index in [1.54, 1.807) is 17.3 Å². The zero-order valence-corrected chi connectivity index (χ0v) is 15.6. The number of β-amino-alcohol motifs (C(OH)–C–C–N with tert-alkyl or cyclic N) is 1. The first-order chi connectivity index (χ1) is 13.6. The number of halogens is 1. The molecule has 2 aromatic heterocycles. The van der Waals surface area contributed by atoms with Gasteiger partial charge in [-0.1, -0.05) is 0 Å². The second-order valence-corrected chi connectivity index (χ2v) is 7.82. The fourth-order valence-corrected chi connectivity index (χ4v) is 4.36. The summed E-state index contributed by atoms with van der Waals surface area (Å²) < 4.78 is 14.5. The first kappa shape index (κ1) is 17.6. The Hall–Kier alpha value is -2.52. The van der Waals surface area contributed by atoms with Gasteiger partial charge < -0.3 is 25.5 Å². The van der Waals surface area contributed by atoms with E-state index in [1.807, 2.05) is 6.07 Å². The minimum absolute atomic E-state index is 0.271. The van der Waals surface area contributed by atoms with Gasteiger partial charge in [0.15, 0.2) is 11.6 Å². The van der Waals surface area contributed by atoms with E-state index in [1.165, 1.54) is 18.9 Å². The predicted octanol–water partition coefficient (Wildman–Crippen LogP) is 1.27. The van der Waals surface area contributed by atoms with Crippen molar-refractivity contribution in [2.24, 2.45) is 0 Å². The van der Waals surface area contributed by atoms with Crippen LogP contribution < -0.4 is 20.4 Å². The smallest absolute Gasteiger partial charge is 0.229 e. The molecule has 3 N–H and O–H groups in total. The van der Waals surface area contributed by atoms with Gasteiger partial charge in [0, 0.05) is 50.5 Å². The summed E-state index contributed by atoms with van der Waals surface area (Å²) in [6.45, 7) is 2.91. The number of anilines is 4. The molecular weight excluding hydrogens is 361 g/mol. The third-order valence-electron chi connectivity index (χ3n) is 5.72. The quantitative estimate of drug-likeness (QED) is 0.725. The van der Waals surface area contributed by atoms with E-state index in [4.69, 9.17) is 0 Å². The van der Waals surface area contributed by atoms with Crippen LogP contribution in [-0.2, 0) is 0 Å². The Labute approximate surface area is 162 Å². The van der Waals surface area contributed by atoms with Crippen molar-refractivity contribution in [2.75, 3.05) is 41.3 Å². The molecule has 0 saturated carbocycles. The average molecular weight is 385 g/mol. The van der Waals surface area contributed by atoms with Gasteiger partial charge in [-0.05, 0) is 25.3 Å². The Morgan fingerprint density at radius 1 is 1.11 bits per heavy atom. The normalized spacial score (nSPS) is 26.7. The number of hydrogen-bond donors (Lipinski definition) is 3. The molecule has 0 unspecified atom stereocenters. The number of nitrogens with one attached hydrogen (secondary N) is 2. The number of piperazine rings is 1. The molecule has 2 bridgehead atoms. The largest absolute Gasteiger partial charge is 0.391 e. The summed E-state index contributed by atoms with van der Waals surface area (Å²) in [5.41, 5.74) is 0.499. The van der Waals surface area contributed by atoms with Crippen LogP contribution >= 0.6 is 0 Å². The SMILES string of the molecule is O[C@@H]1CCN(c2ncc(Nc3nccc(N4C[C@H]5CC[C@@H](C4)N5)n3)cc2F)C1. The lowest BCUT2D eigenvalue weighted by Crippen LogP contribution is -2.51. The van der Waals surface area contributed by atoms with Crippen LogP contribution in [-0.4, -0.2) is 64.4 Å². The molecule has 3 atom stereocenters. The fraction of sp³-hybridized carbons (Fsp3) is 0.526. The highest BCUT2D eigenvalue weighted by atomic mass is 19.1. The van der Waals surface area contributed by atoms with E-state index >= 15 is 0 Å². The number of aromatic nitrogens is 3. The Kier molecular flexibility index (Phi) is 4.48. The molecule has 3 aliphatic heterocycles. The molecule has 0 aromatic carbocycles. The van der Waals surface area contributed by atoms with Crippen LogP contribution in [0.3, 0.4) is 0 Å². The first-order valence-corrected chi connectivity index (χ1v) is 9.84. The van der Waals surface area contributed by atoms with E-state index in [-0.39, 0.29) is 5.82 Å². The molecule has 5 rings (SSSR count).